The van der Waals surface area contributed by atoms with Gasteiger partial charge in [0.25, 0.3) is 5.91 Å². The van der Waals surface area contributed by atoms with Crippen LogP contribution in [0.25, 0.3) is 0 Å². The number of fused-ring (bicyclic) bond motifs is 1. The van der Waals surface area contributed by atoms with Gasteiger partial charge >= 0.3 is 5.97 Å². The number of para-hydroxylation sites is 2. The number of esters is 1. The monoisotopic (exact) mass is 330 g/mol. The molecule has 1 aromatic heterocycles. The third kappa shape index (κ3) is 2.84. The molecule has 0 N–H and O–H groups in total. The van der Waals surface area contributed by atoms with Gasteiger partial charge in [-0.3, -0.25) is 9.59 Å². The fourth-order valence-corrected chi connectivity index (χ4v) is 2.69. The lowest BCUT2D eigenvalue weighted by Gasteiger charge is -2.34. The van der Waals surface area contributed by atoms with Crippen molar-refractivity contribution in [3.8, 4) is 5.75 Å². The number of aromatic nitrogens is 1. The van der Waals surface area contributed by atoms with E-state index in [4.69, 9.17) is 9.26 Å². The Labute approximate surface area is 139 Å². The van der Waals surface area contributed by atoms with Crippen molar-refractivity contribution >= 4 is 17.6 Å². The van der Waals surface area contributed by atoms with Gasteiger partial charge < -0.3 is 18.9 Å². The lowest BCUT2D eigenvalue weighted by atomic mass is 10.1. The van der Waals surface area contributed by atoms with Gasteiger partial charge in [0.1, 0.15) is 11.5 Å². The molecule has 1 amide bonds. The summed E-state index contributed by atoms with van der Waals surface area (Å²) < 4.78 is 15.5. The maximum absolute atomic E-state index is 12.8. The zero-order chi connectivity index (χ0) is 17.3. The first kappa shape index (κ1) is 16.0. The maximum atomic E-state index is 12.8. The smallest absolute Gasteiger partial charge is 0.309 e. The van der Waals surface area contributed by atoms with Crippen molar-refractivity contribution in [2.75, 3.05) is 12.0 Å². The predicted molar refractivity (Wildman–Crippen MR) is 84.7 cm³/mol. The standard InChI is InChI=1S/C17H18N2O5/c1-10-12(11(2)24-18-10)9-19-13-6-4-5-7-14(13)23-15(17(19)21)8-16(20)22-3/h4-7,15H,8-9H2,1-3H3/t15-/m1/s1. The van der Waals surface area contributed by atoms with Gasteiger partial charge in [-0.05, 0) is 26.0 Å². The average molecular weight is 330 g/mol. The van der Waals surface area contributed by atoms with Crippen LogP contribution in [0.3, 0.4) is 0 Å². The number of carbonyl (C=O) groups is 2. The second-order valence-corrected chi connectivity index (χ2v) is 5.58. The van der Waals surface area contributed by atoms with Crippen molar-refractivity contribution in [2.45, 2.75) is 32.9 Å². The predicted octanol–water partition coefficient (Wildman–Crippen LogP) is 2.15. The Morgan fingerprint density at radius 3 is 2.75 bits per heavy atom. The summed E-state index contributed by atoms with van der Waals surface area (Å²) in [6, 6.07) is 7.22. The first-order chi connectivity index (χ1) is 11.5. The lowest BCUT2D eigenvalue weighted by Crippen LogP contribution is -2.46. The number of nitrogens with zero attached hydrogens (tertiary/aromatic N) is 2. The normalized spacial score (nSPS) is 16.5. The van der Waals surface area contributed by atoms with E-state index >= 15 is 0 Å². The van der Waals surface area contributed by atoms with Crippen molar-refractivity contribution < 1.29 is 23.6 Å². The third-order valence-electron chi connectivity index (χ3n) is 4.04. The van der Waals surface area contributed by atoms with Gasteiger partial charge in [-0.1, -0.05) is 17.3 Å². The molecule has 7 heteroatoms. The molecule has 0 spiro atoms. The molecule has 0 saturated carbocycles. The maximum Gasteiger partial charge on any atom is 0.309 e. The Hall–Kier alpha value is -2.83. The molecule has 0 saturated heterocycles. The minimum Gasteiger partial charge on any atom is -0.478 e. The van der Waals surface area contributed by atoms with E-state index in [0.29, 0.717) is 23.7 Å². The molecule has 7 nitrogen and oxygen atoms in total. The largest absolute Gasteiger partial charge is 0.478 e. The summed E-state index contributed by atoms with van der Waals surface area (Å²) in [4.78, 5) is 26.0. The second kappa shape index (κ2) is 6.35. The Bertz CT molecular complexity index is 764. The zero-order valence-corrected chi connectivity index (χ0v) is 13.7. The molecule has 0 fully saturated rings. The topological polar surface area (TPSA) is 81.9 Å². The molecule has 0 aliphatic carbocycles. The molecule has 2 aromatic rings. The van der Waals surface area contributed by atoms with Gasteiger partial charge in [0.2, 0.25) is 0 Å². The Morgan fingerprint density at radius 2 is 2.08 bits per heavy atom. The van der Waals surface area contributed by atoms with Crippen molar-refractivity contribution in [1.82, 2.24) is 5.16 Å². The highest BCUT2D eigenvalue weighted by atomic mass is 16.5. The van der Waals surface area contributed by atoms with E-state index in [9.17, 15) is 9.59 Å². The number of methoxy groups -OCH3 is 1. The van der Waals surface area contributed by atoms with E-state index in [1.807, 2.05) is 19.1 Å². The van der Waals surface area contributed by atoms with Gasteiger partial charge in [0.15, 0.2) is 6.10 Å². The van der Waals surface area contributed by atoms with Crippen LogP contribution in [0.5, 0.6) is 5.75 Å². The fraction of sp³-hybridized carbons (Fsp3) is 0.353. The summed E-state index contributed by atoms with van der Waals surface area (Å²) in [7, 11) is 1.28. The van der Waals surface area contributed by atoms with Crippen molar-refractivity contribution in [3.63, 3.8) is 0 Å². The van der Waals surface area contributed by atoms with Crippen LogP contribution in [0.4, 0.5) is 5.69 Å². The summed E-state index contributed by atoms with van der Waals surface area (Å²) in [5, 5.41) is 3.93. The van der Waals surface area contributed by atoms with Crippen LogP contribution in [-0.2, 0) is 20.9 Å². The first-order valence-corrected chi connectivity index (χ1v) is 7.57. The molecule has 3 rings (SSSR count). The minimum atomic E-state index is -0.909. The van der Waals surface area contributed by atoms with Gasteiger partial charge in [-0.15, -0.1) is 0 Å². The summed E-state index contributed by atoms with van der Waals surface area (Å²) in [6.07, 6.45) is -1.05. The van der Waals surface area contributed by atoms with E-state index in [1.165, 1.54) is 7.11 Å². The number of benzene rings is 1. The highest BCUT2D eigenvalue weighted by Crippen LogP contribution is 2.36. The van der Waals surface area contributed by atoms with Crippen LogP contribution in [0.1, 0.15) is 23.4 Å². The van der Waals surface area contributed by atoms with Crippen LogP contribution in [-0.4, -0.2) is 30.2 Å². The van der Waals surface area contributed by atoms with Crippen LogP contribution in [0, 0.1) is 13.8 Å². The summed E-state index contributed by atoms with van der Waals surface area (Å²) in [5.41, 5.74) is 2.23. The van der Waals surface area contributed by atoms with E-state index in [1.54, 1.807) is 24.0 Å². The highest BCUT2D eigenvalue weighted by Gasteiger charge is 2.36. The first-order valence-electron chi connectivity index (χ1n) is 7.57. The fourth-order valence-electron chi connectivity index (χ4n) is 2.69. The number of hydrogen-bond acceptors (Lipinski definition) is 6. The summed E-state index contributed by atoms with van der Waals surface area (Å²) >= 11 is 0. The molecule has 0 unspecified atom stereocenters. The highest BCUT2D eigenvalue weighted by molar-refractivity contribution is 6.01. The molecule has 1 aromatic carbocycles. The molecule has 1 aliphatic rings. The summed E-state index contributed by atoms with van der Waals surface area (Å²) in [6.45, 7) is 3.94. The van der Waals surface area contributed by atoms with Crippen LogP contribution in [0.15, 0.2) is 28.8 Å². The number of amides is 1. The molecule has 2 heterocycles. The van der Waals surface area contributed by atoms with E-state index in [-0.39, 0.29) is 12.3 Å². The molecule has 0 radical (unpaired) electrons. The molecular weight excluding hydrogens is 312 g/mol. The Kier molecular flexibility index (Phi) is 4.24. The number of aryl methyl sites for hydroxylation is 2. The van der Waals surface area contributed by atoms with E-state index < -0.39 is 12.1 Å². The molecular formula is C17H18N2O5. The quantitative estimate of drug-likeness (QED) is 0.799. The molecule has 1 atom stereocenters. The van der Waals surface area contributed by atoms with E-state index in [0.717, 1.165) is 11.3 Å². The van der Waals surface area contributed by atoms with Gasteiger partial charge in [-0.2, -0.15) is 0 Å². The SMILES string of the molecule is COC(=O)C[C@H]1Oc2ccccc2N(Cc2c(C)noc2C)C1=O. The third-order valence-corrected chi connectivity index (χ3v) is 4.04. The number of rotatable bonds is 4. The zero-order valence-electron chi connectivity index (χ0n) is 13.7. The van der Waals surface area contributed by atoms with Gasteiger partial charge in [0, 0.05) is 5.56 Å². The lowest BCUT2D eigenvalue weighted by molar-refractivity contribution is -0.145. The van der Waals surface area contributed by atoms with Gasteiger partial charge in [-0.25, -0.2) is 0 Å². The molecule has 0 bridgehead atoms. The molecule has 24 heavy (non-hydrogen) atoms. The Balaban J connectivity index is 1.96. The minimum absolute atomic E-state index is 0.137. The van der Waals surface area contributed by atoms with Gasteiger partial charge in [0.05, 0.1) is 31.5 Å². The van der Waals surface area contributed by atoms with Crippen molar-refractivity contribution in [3.05, 3.63) is 41.3 Å². The second-order valence-electron chi connectivity index (χ2n) is 5.58. The van der Waals surface area contributed by atoms with Crippen LogP contribution < -0.4 is 9.64 Å². The summed E-state index contributed by atoms with van der Waals surface area (Å²) in [5.74, 6) is 0.427. The Morgan fingerprint density at radius 1 is 1.33 bits per heavy atom. The number of carbonyl (C=O) groups excluding carboxylic acids is 2. The number of hydrogen-bond donors (Lipinski definition) is 0. The molecule has 1 aliphatic heterocycles. The number of anilines is 1. The number of ether oxygens (including phenoxy) is 2. The molecule has 126 valence electrons. The average Bonchev–Trinajstić information content (AvgIpc) is 2.90. The van der Waals surface area contributed by atoms with E-state index in [2.05, 4.69) is 9.89 Å². The van der Waals surface area contributed by atoms with Crippen molar-refractivity contribution in [1.29, 1.82) is 0 Å². The van der Waals surface area contributed by atoms with Crippen LogP contribution >= 0.6 is 0 Å². The van der Waals surface area contributed by atoms with Crippen LogP contribution in [0.2, 0.25) is 0 Å². The van der Waals surface area contributed by atoms with Crippen molar-refractivity contribution in [2.24, 2.45) is 0 Å².